The van der Waals surface area contributed by atoms with Crippen LogP contribution in [0.1, 0.15) is 84.2 Å². The maximum atomic E-state index is 13.1. The molecule has 8 heteroatoms. The molecule has 0 unspecified atom stereocenters. The predicted molar refractivity (Wildman–Crippen MR) is 170 cm³/mol. The number of unbranched alkanes of at least 4 members (excludes halogenated alkanes) is 4. The fourth-order valence-corrected chi connectivity index (χ4v) is 6.00. The number of halogens is 3. The average Bonchev–Trinajstić information content (AvgIpc) is 2.96. The monoisotopic (exact) mass is 595 g/mol. The van der Waals surface area contributed by atoms with E-state index in [0.29, 0.717) is 6.42 Å². The summed E-state index contributed by atoms with van der Waals surface area (Å²) in [6.45, 7) is 9.97. The summed E-state index contributed by atoms with van der Waals surface area (Å²) in [5.41, 5.74) is 5.12. The quantitative estimate of drug-likeness (QED) is 0.200. The van der Waals surface area contributed by atoms with Crippen molar-refractivity contribution in [3.63, 3.8) is 0 Å². The molecular formula is C35H44F3N3O2. The summed E-state index contributed by atoms with van der Waals surface area (Å²) in [7, 11) is 0. The molecule has 0 aliphatic carbocycles. The summed E-state index contributed by atoms with van der Waals surface area (Å²) in [5.74, 6) is -0.356. The molecule has 0 bridgehead atoms. The van der Waals surface area contributed by atoms with Gasteiger partial charge in [-0.1, -0.05) is 69.9 Å². The molecule has 5 nitrogen and oxygen atoms in total. The molecule has 1 heterocycles. The average molecular weight is 596 g/mol. The standard InChI is InChI=1S/C35H44F3N3O2/c1-5-7-11-20-40(21-12-8-6-2)29-15-13-14-27(23-29)28-18-19-33-30(24-28)32(22-25(3)41(33)26(4)42)39-31-16-9-10-17-34(31)43-35(36,37)38/h9-10,13-19,23-25,32,39H,5-8,11-12,20-22H2,1-4H3/t25-,32+/m0/s1. The molecule has 43 heavy (non-hydrogen) atoms. The lowest BCUT2D eigenvalue weighted by molar-refractivity contribution is -0.274. The topological polar surface area (TPSA) is 44.8 Å². The van der Waals surface area contributed by atoms with Gasteiger partial charge in [-0.25, -0.2) is 0 Å². The highest BCUT2D eigenvalue weighted by Crippen LogP contribution is 2.43. The minimum atomic E-state index is -4.81. The van der Waals surface area contributed by atoms with Crippen molar-refractivity contribution in [3.8, 4) is 16.9 Å². The highest BCUT2D eigenvalue weighted by Gasteiger charge is 2.35. The molecule has 3 aromatic rings. The van der Waals surface area contributed by atoms with Gasteiger partial charge in [0.15, 0.2) is 5.75 Å². The van der Waals surface area contributed by atoms with Crippen molar-refractivity contribution in [3.05, 3.63) is 72.3 Å². The molecule has 0 spiro atoms. The summed E-state index contributed by atoms with van der Waals surface area (Å²) < 4.78 is 43.8. The number of para-hydroxylation sites is 2. The molecule has 1 N–H and O–H groups in total. The molecule has 0 saturated heterocycles. The van der Waals surface area contributed by atoms with E-state index in [4.69, 9.17) is 0 Å². The van der Waals surface area contributed by atoms with E-state index >= 15 is 0 Å². The van der Waals surface area contributed by atoms with Crippen molar-refractivity contribution in [1.82, 2.24) is 0 Å². The highest BCUT2D eigenvalue weighted by atomic mass is 19.4. The smallest absolute Gasteiger partial charge is 0.404 e. The summed E-state index contributed by atoms with van der Waals surface area (Å²) in [6.07, 6.45) is 2.77. The molecule has 1 amide bonds. The zero-order valence-corrected chi connectivity index (χ0v) is 25.7. The fourth-order valence-electron chi connectivity index (χ4n) is 6.00. The number of carbonyl (C=O) groups excluding carboxylic acids is 1. The van der Waals surface area contributed by atoms with Crippen LogP contribution in [0.3, 0.4) is 0 Å². The lowest BCUT2D eigenvalue weighted by atomic mass is 9.88. The molecule has 0 radical (unpaired) electrons. The number of amides is 1. The minimum absolute atomic E-state index is 0.0717. The van der Waals surface area contributed by atoms with Crippen LogP contribution in [0, 0.1) is 0 Å². The first-order valence-electron chi connectivity index (χ1n) is 15.5. The summed E-state index contributed by atoms with van der Waals surface area (Å²) in [4.78, 5) is 16.9. The Balaban J connectivity index is 1.70. The van der Waals surface area contributed by atoms with Crippen LogP contribution < -0.4 is 19.9 Å². The number of hydrogen-bond acceptors (Lipinski definition) is 4. The SMILES string of the molecule is CCCCCN(CCCCC)c1cccc(-c2ccc3c(c2)[C@H](Nc2ccccc2OC(F)(F)F)C[C@H](C)N3C(C)=O)c1. The van der Waals surface area contributed by atoms with Crippen LogP contribution in [0.2, 0.25) is 0 Å². The molecule has 1 aliphatic rings. The third kappa shape index (κ3) is 8.46. The van der Waals surface area contributed by atoms with E-state index in [9.17, 15) is 18.0 Å². The van der Waals surface area contributed by atoms with E-state index in [1.165, 1.54) is 43.5 Å². The maximum absolute atomic E-state index is 13.1. The number of benzene rings is 3. The van der Waals surface area contributed by atoms with Gasteiger partial charge in [0.25, 0.3) is 0 Å². The van der Waals surface area contributed by atoms with Gasteiger partial charge in [0.1, 0.15) is 0 Å². The van der Waals surface area contributed by atoms with Crippen molar-refractivity contribution in [2.24, 2.45) is 0 Å². The predicted octanol–water partition coefficient (Wildman–Crippen LogP) is 9.74. The van der Waals surface area contributed by atoms with Crippen LogP contribution in [0.15, 0.2) is 66.7 Å². The number of fused-ring (bicyclic) bond motifs is 1. The Labute approximate surface area is 254 Å². The van der Waals surface area contributed by atoms with Crippen molar-refractivity contribution in [1.29, 1.82) is 0 Å². The van der Waals surface area contributed by atoms with E-state index in [0.717, 1.165) is 48.3 Å². The number of nitrogens with zero attached hydrogens (tertiary/aromatic N) is 2. The molecule has 2 atom stereocenters. The van der Waals surface area contributed by atoms with E-state index in [2.05, 4.69) is 59.1 Å². The van der Waals surface area contributed by atoms with Crippen LogP contribution >= 0.6 is 0 Å². The zero-order chi connectivity index (χ0) is 31.0. The summed E-state index contributed by atoms with van der Waals surface area (Å²) in [5, 5.41) is 3.31. The maximum Gasteiger partial charge on any atom is 0.573 e. The molecule has 3 aromatic carbocycles. The highest BCUT2D eigenvalue weighted by molar-refractivity contribution is 5.94. The molecule has 0 fully saturated rings. The van der Waals surface area contributed by atoms with Crippen molar-refractivity contribution >= 4 is 23.0 Å². The number of nitrogens with one attached hydrogen (secondary N) is 1. The molecular weight excluding hydrogens is 551 g/mol. The summed E-state index contributed by atoms with van der Waals surface area (Å²) >= 11 is 0. The van der Waals surface area contributed by atoms with Gasteiger partial charge in [0.2, 0.25) is 5.91 Å². The molecule has 0 saturated carbocycles. The zero-order valence-electron chi connectivity index (χ0n) is 25.7. The molecule has 4 rings (SSSR count). The second-order valence-corrected chi connectivity index (χ2v) is 11.4. The Bertz CT molecular complexity index is 1350. The largest absolute Gasteiger partial charge is 0.573 e. The number of ether oxygens (including phenoxy) is 1. The Kier molecular flexibility index (Phi) is 11.0. The van der Waals surface area contributed by atoms with Crippen molar-refractivity contribution < 1.29 is 22.7 Å². The Morgan fingerprint density at radius 1 is 0.930 bits per heavy atom. The van der Waals surface area contributed by atoms with Crippen LogP contribution in [-0.4, -0.2) is 31.4 Å². The minimum Gasteiger partial charge on any atom is -0.404 e. The van der Waals surface area contributed by atoms with Gasteiger partial charge in [-0.05, 0) is 79.3 Å². The number of anilines is 3. The van der Waals surface area contributed by atoms with E-state index in [1.54, 1.807) is 24.0 Å². The van der Waals surface area contributed by atoms with Gasteiger partial charge in [0, 0.05) is 37.4 Å². The first kappa shape index (κ1) is 32.2. The third-order valence-corrected chi connectivity index (χ3v) is 8.07. The van der Waals surface area contributed by atoms with E-state index < -0.39 is 6.36 Å². The number of carbonyl (C=O) groups is 1. The lowest BCUT2D eigenvalue weighted by Gasteiger charge is -2.40. The van der Waals surface area contributed by atoms with Gasteiger partial charge in [-0.2, -0.15) is 0 Å². The third-order valence-electron chi connectivity index (χ3n) is 8.07. The molecule has 0 aromatic heterocycles. The first-order chi connectivity index (χ1) is 20.6. The van der Waals surface area contributed by atoms with Gasteiger partial charge < -0.3 is 19.9 Å². The first-order valence-corrected chi connectivity index (χ1v) is 15.5. The molecule has 232 valence electrons. The second kappa shape index (κ2) is 14.7. The Hall–Kier alpha value is -3.68. The number of alkyl halides is 3. The van der Waals surface area contributed by atoms with Crippen LogP contribution in [-0.2, 0) is 4.79 Å². The van der Waals surface area contributed by atoms with Gasteiger partial charge in [0.05, 0.1) is 11.7 Å². The van der Waals surface area contributed by atoms with Crippen molar-refractivity contribution in [2.75, 3.05) is 28.2 Å². The van der Waals surface area contributed by atoms with Gasteiger partial charge >= 0.3 is 6.36 Å². The number of hydrogen-bond donors (Lipinski definition) is 1. The number of rotatable bonds is 13. The van der Waals surface area contributed by atoms with E-state index in [1.807, 2.05) is 19.1 Å². The second-order valence-electron chi connectivity index (χ2n) is 11.4. The molecule has 1 aliphatic heterocycles. The van der Waals surface area contributed by atoms with Gasteiger partial charge in [-0.15, -0.1) is 13.2 Å². The van der Waals surface area contributed by atoms with Crippen LogP contribution in [0.25, 0.3) is 11.1 Å². The van der Waals surface area contributed by atoms with Crippen LogP contribution in [0.5, 0.6) is 5.75 Å². The van der Waals surface area contributed by atoms with Crippen LogP contribution in [0.4, 0.5) is 30.2 Å². The Morgan fingerprint density at radius 2 is 1.60 bits per heavy atom. The van der Waals surface area contributed by atoms with Crippen molar-refractivity contribution in [2.45, 2.75) is 91.1 Å². The van der Waals surface area contributed by atoms with E-state index in [-0.39, 0.29) is 29.4 Å². The summed E-state index contributed by atoms with van der Waals surface area (Å²) in [6, 6.07) is 20.2. The fraction of sp³-hybridized carbons (Fsp3) is 0.457. The normalized spacial score (nSPS) is 16.5. The Morgan fingerprint density at radius 3 is 2.26 bits per heavy atom. The van der Waals surface area contributed by atoms with Gasteiger partial charge in [-0.3, -0.25) is 4.79 Å². The lowest BCUT2D eigenvalue weighted by Crippen LogP contribution is -2.43.